The molecule has 1 saturated heterocycles. The second-order valence-electron chi connectivity index (χ2n) is 7.33. The first-order valence-electron chi connectivity index (χ1n) is 9.97. The van der Waals surface area contributed by atoms with E-state index in [2.05, 4.69) is 10.1 Å². The van der Waals surface area contributed by atoms with E-state index in [9.17, 15) is 18.8 Å². The molecule has 0 spiro atoms. The summed E-state index contributed by atoms with van der Waals surface area (Å²) in [7, 11) is 1.29. The Hall–Kier alpha value is -3.22. The van der Waals surface area contributed by atoms with Crippen molar-refractivity contribution in [3.63, 3.8) is 0 Å². The third-order valence-electron chi connectivity index (χ3n) is 5.22. The largest absolute Gasteiger partial charge is 0.469 e. The number of nitrogens with zero attached hydrogens (tertiary/aromatic N) is 1. The highest BCUT2D eigenvalue weighted by atomic mass is 19.1. The number of anilines is 1. The third kappa shape index (κ3) is 5.65. The van der Waals surface area contributed by atoms with Crippen LogP contribution in [0, 0.1) is 11.7 Å². The maximum Gasteiger partial charge on any atom is 0.306 e. The number of nitrogens with one attached hydrogen (secondary N) is 1. The second kappa shape index (κ2) is 10.0. The molecule has 0 saturated carbocycles. The van der Waals surface area contributed by atoms with Gasteiger partial charge in [0.05, 0.1) is 19.4 Å². The second-order valence-corrected chi connectivity index (χ2v) is 7.33. The van der Waals surface area contributed by atoms with Gasteiger partial charge in [0.15, 0.2) is 0 Å². The van der Waals surface area contributed by atoms with Gasteiger partial charge in [-0.25, -0.2) is 4.39 Å². The lowest BCUT2D eigenvalue weighted by Gasteiger charge is -2.32. The Morgan fingerprint density at radius 1 is 1.10 bits per heavy atom. The molecule has 1 fully saturated rings. The predicted octanol–water partition coefficient (Wildman–Crippen LogP) is 3.62. The zero-order valence-electron chi connectivity index (χ0n) is 16.9. The number of esters is 1. The van der Waals surface area contributed by atoms with Crippen LogP contribution in [-0.2, 0) is 19.1 Å². The molecule has 7 heteroatoms. The minimum atomic E-state index is -0.421. The number of rotatable bonds is 6. The zero-order valence-corrected chi connectivity index (χ0v) is 16.9. The highest BCUT2D eigenvalue weighted by Gasteiger charge is 2.28. The quantitative estimate of drug-likeness (QED) is 0.736. The van der Waals surface area contributed by atoms with E-state index in [1.54, 1.807) is 23.1 Å². The van der Waals surface area contributed by atoms with Crippen molar-refractivity contribution >= 4 is 23.5 Å². The molecule has 0 bridgehead atoms. The van der Waals surface area contributed by atoms with Gasteiger partial charge in [0.25, 0.3) is 0 Å². The topological polar surface area (TPSA) is 75.7 Å². The summed E-state index contributed by atoms with van der Waals surface area (Å²) in [5.41, 5.74) is 2.37. The first-order valence-corrected chi connectivity index (χ1v) is 9.97. The first kappa shape index (κ1) is 21.5. The standard InChI is InChI=1S/C23H25FN2O4/c1-30-22(28)12-11-21(27)26-13-3-5-18(15-26)23(29)25-20-6-2-4-17(14-20)16-7-9-19(24)10-8-16/h2,4,6-10,14,18H,3,5,11-13,15H2,1H3,(H,25,29). The van der Waals surface area contributed by atoms with Gasteiger partial charge in [-0.05, 0) is 48.2 Å². The summed E-state index contributed by atoms with van der Waals surface area (Å²) in [6.07, 6.45) is 1.56. The average Bonchev–Trinajstić information content (AvgIpc) is 2.78. The van der Waals surface area contributed by atoms with Crippen molar-refractivity contribution in [2.24, 2.45) is 5.92 Å². The summed E-state index contributed by atoms with van der Waals surface area (Å²) in [5, 5.41) is 2.93. The Morgan fingerprint density at radius 3 is 2.60 bits per heavy atom. The fraction of sp³-hybridized carbons (Fsp3) is 0.348. The normalized spacial score (nSPS) is 16.1. The summed E-state index contributed by atoms with van der Waals surface area (Å²) < 4.78 is 17.7. The number of carbonyl (C=O) groups excluding carboxylic acids is 3. The fourth-order valence-corrected chi connectivity index (χ4v) is 3.55. The van der Waals surface area contributed by atoms with Crippen LogP contribution >= 0.6 is 0 Å². The highest BCUT2D eigenvalue weighted by molar-refractivity contribution is 5.94. The number of hydrogen-bond acceptors (Lipinski definition) is 4. The van der Waals surface area contributed by atoms with Crippen LogP contribution in [0.1, 0.15) is 25.7 Å². The molecule has 0 radical (unpaired) electrons. The zero-order chi connectivity index (χ0) is 21.5. The fourth-order valence-electron chi connectivity index (χ4n) is 3.55. The van der Waals surface area contributed by atoms with Crippen LogP contribution in [-0.4, -0.2) is 42.9 Å². The van der Waals surface area contributed by atoms with Crippen LogP contribution in [0.5, 0.6) is 0 Å². The molecule has 1 unspecified atom stereocenters. The van der Waals surface area contributed by atoms with Crippen LogP contribution in [0.15, 0.2) is 48.5 Å². The molecule has 1 N–H and O–H groups in total. The van der Waals surface area contributed by atoms with Gasteiger partial charge in [-0.3, -0.25) is 14.4 Å². The maximum absolute atomic E-state index is 13.1. The summed E-state index contributed by atoms with van der Waals surface area (Å²) in [6.45, 7) is 0.924. The van der Waals surface area contributed by atoms with E-state index in [0.29, 0.717) is 25.2 Å². The molecule has 2 amide bonds. The Labute approximate surface area is 175 Å². The van der Waals surface area contributed by atoms with Gasteiger partial charge in [-0.2, -0.15) is 0 Å². The number of likely N-dealkylation sites (tertiary alicyclic amines) is 1. The summed E-state index contributed by atoms with van der Waals surface area (Å²) in [6, 6.07) is 13.5. The molecule has 1 atom stereocenters. The Kier molecular flexibility index (Phi) is 7.17. The van der Waals surface area contributed by atoms with E-state index in [0.717, 1.165) is 17.5 Å². The molecule has 30 heavy (non-hydrogen) atoms. The Balaban J connectivity index is 1.60. The van der Waals surface area contributed by atoms with Crippen molar-refractivity contribution in [1.29, 1.82) is 0 Å². The van der Waals surface area contributed by atoms with Crippen LogP contribution in [0.2, 0.25) is 0 Å². The van der Waals surface area contributed by atoms with Gasteiger partial charge in [0.1, 0.15) is 5.82 Å². The van der Waals surface area contributed by atoms with Crippen molar-refractivity contribution in [3.05, 3.63) is 54.3 Å². The van der Waals surface area contributed by atoms with E-state index < -0.39 is 5.97 Å². The third-order valence-corrected chi connectivity index (χ3v) is 5.22. The van der Waals surface area contributed by atoms with Crippen molar-refractivity contribution in [2.45, 2.75) is 25.7 Å². The number of amides is 2. The SMILES string of the molecule is COC(=O)CCC(=O)N1CCCC(C(=O)Nc2cccc(-c3ccc(F)cc3)c2)C1. The molecule has 0 aliphatic carbocycles. The van der Waals surface area contributed by atoms with Crippen molar-refractivity contribution in [1.82, 2.24) is 4.90 Å². The van der Waals surface area contributed by atoms with E-state index in [1.165, 1.54) is 19.2 Å². The number of methoxy groups -OCH3 is 1. The number of ether oxygens (including phenoxy) is 1. The van der Waals surface area contributed by atoms with Crippen LogP contribution in [0.3, 0.4) is 0 Å². The summed E-state index contributed by atoms with van der Waals surface area (Å²) in [5.74, 6) is -1.31. The Bertz CT molecular complexity index is 914. The number of hydrogen-bond donors (Lipinski definition) is 1. The van der Waals surface area contributed by atoms with E-state index in [1.807, 2.05) is 18.2 Å². The van der Waals surface area contributed by atoms with Crippen molar-refractivity contribution in [3.8, 4) is 11.1 Å². The summed E-state index contributed by atoms with van der Waals surface area (Å²) >= 11 is 0. The minimum Gasteiger partial charge on any atom is -0.469 e. The maximum atomic E-state index is 13.1. The lowest BCUT2D eigenvalue weighted by molar-refractivity contribution is -0.144. The van der Waals surface area contributed by atoms with Gasteiger partial charge >= 0.3 is 5.97 Å². The molecule has 6 nitrogen and oxygen atoms in total. The number of halogens is 1. The lowest BCUT2D eigenvalue weighted by Crippen LogP contribution is -2.43. The van der Waals surface area contributed by atoms with E-state index >= 15 is 0 Å². The number of piperidine rings is 1. The van der Waals surface area contributed by atoms with Gasteiger partial charge in [0.2, 0.25) is 11.8 Å². The minimum absolute atomic E-state index is 0.0405. The number of benzene rings is 2. The smallest absolute Gasteiger partial charge is 0.306 e. The van der Waals surface area contributed by atoms with Crippen molar-refractivity contribution < 1.29 is 23.5 Å². The van der Waals surface area contributed by atoms with Crippen molar-refractivity contribution in [2.75, 3.05) is 25.5 Å². The van der Waals surface area contributed by atoms with Gasteiger partial charge in [-0.15, -0.1) is 0 Å². The molecular weight excluding hydrogens is 387 g/mol. The lowest BCUT2D eigenvalue weighted by atomic mass is 9.96. The predicted molar refractivity (Wildman–Crippen MR) is 111 cm³/mol. The van der Waals surface area contributed by atoms with Gasteiger partial charge in [0, 0.05) is 25.2 Å². The van der Waals surface area contributed by atoms with E-state index in [-0.39, 0.29) is 36.4 Å². The molecule has 1 heterocycles. The van der Waals surface area contributed by atoms with Crippen LogP contribution in [0.4, 0.5) is 10.1 Å². The first-order chi connectivity index (χ1) is 14.5. The molecule has 1 aliphatic heterocycles. The van der Waals surface area contributed by atoms with E-state index in [4.69, 9.17) is 0 Å². The summed E-state index contributed by atoms with van der Waals surface area (Å²) in [4.78, 5) is 38.0. The monoisotopic (exact) mass is 412 g/mol. The molecule has 3 rings (SSSR count). The molecular formula is C23H25FN2O4. The Morgan fingerprint density at radius 2 is 1.87 bits per heavy atom. The van der Waals surface area contributed by atoms with Gasteiger partial charge in [-0.1, -0.05) is 24.3 Å². The molecule has 1 aliphatic rings. The van der Waals surface area contributed by atoms with Gasteiger partial charge < -0.3 is 15.0 Å². The molecule has 2 aromatic rings. The van der Waals surface area contributed by atoms with Crippen LogP contribution in [0.25, 0.3) is 11.1 Å². The molecule has 158 valence electrons. The van der Waals surface area contributed by atoms with Crippen LogP contribution < -0.4 is 5.32 Å². The average molecular weight is 412 g/mol. The molecule has 2 aromatic carbocycles. The number of carbonyl (C=O) groups is 3. The molecule has 0 aromatic heterocycles. The highest BCUT2D eigenvalue weighted by Crippen LogP contribution is 2.24.